The van der Waals surface area contributed by atoms with Crippen LogP contribution < -0.4 is 0 Å². The van der Waals surface area contributed by atoms with Crippen LogP contribution in [0.1, 0.15) is 52.9 Å². The van der Waals surface area contributed by atoms with Crippen LogP contribution in [-0.4, -0.2) is 5.97 Å². The van der Waals surface area contributed by atoms with E-state index in [0.717, 1.165) is 30.9 Å². The number of hydrogen-bond donors (Lipinski definition) is 0. The molecule has 18 heavy (non-hydrogen) atoms. The molecule has 2 aliphatic rings. The van der Waals surface area contributed by atoms with E-state index in [1.807, 2.05) is 0 Å². The van der Waals surface area contributed by atoms with E-state index in [2.05, 4.69) is 26.5 Å². The summed E-state index contributed by atoms with van der Waals surface area (Å²) in [4.78, 5) is 11.1. The minimum Gasteiger partial charge on any atom is -0.432 e. The van der Waals surface area contributed by atoms with Crippen molar-refractivity contribution in [2.45, 2.75) is 52.9 Å². The highest BCUT2D eigenvalue weighted by Crippen LogP contribution is 2.51. The van der Waals surface area contributed by atoms with Gasteiger partial charge in [-0.25, -0.2) is 0 Å². The Morgan fingerprint density at radius 1 is 1.39 bits per heavy atom. The fourth-order valence-corrected chi connectivity index (χ4v) is 3.62. The van der Waals surface area contributed by atoms with E-state index in [-0.39, 0.29) is 11.4 Å². The normalized spacial score (nSPS) is 35.4. The molecule has 0 aromatic carbocycles. The van der Waals surface area contributed by atoms with Crippen molar-refractivity contribution in [3.63, 3.8) is 0 Å². The van der Waals surface area contributed by atoms with Gasteiger partial charge in [-0.1, -0.05) is 19.1 Å². The van der Waals surface area contributed by atoms with Crippen LogP contribution in [0.5, 0.6) is 0 Å². The van der Waals surface area contributed by atoms with Gasteiger partial charge in [-0.3, -0.25) is 4.79 Å². The molecule has 0 bridgehead atoms. The van der Waals surface area contributed by atoms with Crippen LogP contribution in [0.2, 0.25) is 0 Å². The first kappa shape index (κ1) is 13.4. The molecule has 0 heterocycles. The topological polar surface area (TPSA) is 26.3 Å². The van der Waals surface area contributed by atoms with Crippen molar-refractivity contribution in [3.8, 4) is 0 Å². The minimum atomic E-state index is -0.199. The molecule has 2 rings (SSSR count). The van der Waals surface area contributed by atoms with Gasteiger partial charge in [0, 0.05) is 13.3 Å². The molecule has 2 heteroatoms. The van der Waals surface area contributed by atoms with E-state index in [1.165, 1.54) is 25.3 Å². The van der Waals surface area contributed by atoms with E-state index in [0.29, 0.717) is 5.92 Å². The maximum absolute atomic E-state index is 11.1. The summed E-state index contributed by atoms with van der Waals surface area (Å²) < 4.78 is 5.30. The number of esters is 1. The molecule has 0 aromatic rings. The highest BCUT2D eigenvalue weighted by Gasteiger charge is 2.41. The zero-order chi connectivity index (χ0) is 13.3. The molecular weight excluding hydrogens is 224 g/mol. The van der Waals surface area contributed by atoms with Crippen molar-refractivity contribution in [2.24, 2.45) is 17.3 Å². The molecule has 0 aliphatic heterocycles. The molecule has 2 aliphatic carbocycles. The number of ether oxygens (including phenoxy) is 1. The van der Waals surface area contributed by atoms with E-state index in [1.54, 1.807) is 0 Å². The van der Waals surface area contributed by atoms with Crippen LogP contribution in [0, 0.1) is 17.3 Å². The molecule has 0 spiro atoms. The van der Waals surface area contributed by atoms with Gasteiger partial charge in [-0.05, 0) is 55.9 Å². The zero-order valence-electron chi connectivity index (χ0n) is 11.8. The summed E-state index contributed by atoms with van der Waals surface area (Å²) in [7, 11) is 0. The van der Waals surface area contributed by atoms with Gasteiger partial charge in [0.15, 0.2) is 0 Å². The third kappa shape index (κ3) is 2.68. The van der Waals surface area contributed by atoms with Crippen LogP contribution in [0.4, 0.5) is 0 Å². The lowest BCUT2D eigenvalue weighted by molar-refractivity contribution is -0.137. The Balaban J connectivity index is 2.17. The van der Waals surface area contributed by atoms with E-state index in [9.17, 15) is 4.79 Å². The molecular formula is C16H24O2. The van der Waals surface area contributed by atoms with Gasteiger partial charge in [-0.2, -0.15) is 0 Å². The Bertz CT molecular complexity index is 394. The van der Waals surface area contributed by atoms with Gasteiger partial charge < -0.3 is 4.74 Å². The predicted octanol–water partition coefficient (Wildman–Crippen LogP) is 4.23. The highest BCUT2D eigenvalue weighted by molar-refractivity contribution is 5.67. The largest absolute Gasteiger partial charge is 0.432 e. The second kappa shape index (κ2) is 4.91. The summed E-state index contributed by atoms with van der Waals surface area (Å²) in [6.07, 6.45) is 7.98. The van der Waals surface area contributed by atoms with Gasteiger partial charge in [0.2, 0.25) is 0 Å². The maximum atomic E-state index is 11.1. The predicted molar refractivity (Wildman–Crippen MR) is 72.8 cm³/mol. The van der Waals surface area contributed by atoms with Crippen LogP contribution in [0.3, 0.4) is 0 Å². The van der Waals surface area contributed by atoms with Crippen molar-refractivity contribution in [1.29, 1.82) is 0 Å². The molecule has 0 radical (unpaired) electrons. The van der Waals surface area contributed by atoms with Gasteiger partial charge in [-0.15, -0.1) is 0 Å². The first-order valence-electron chi connectivity index (χ1n) is 6.96. The molecule has 3 unspecified atom stereocenters. The molecule has 1 fully saturated rings. The number of hydrogen-bond acceptors (Lipinski definition) is 2. The smallest absolute Gasteiger partial charge is 0.307 e. The number of allylic oxidation sites excluding steroid dienone is 3. The Labute approximate surface area is 110 Å². The lowest BCUT2D eigenvalue weighted by Crippen LogP contribution is -2.36. The summed E-state index contributed by atoms with van der Waals surface area (Å²) in [5, 5.41) is 0. The van der Waals surface area contributed by atoms with E-state index >= 15 is 0 Å². The second-order valence-corrected chi connectivity index (χ2v) is 6.27. The standard InChI is InChI=1S/C16H24O2/c1-11(2)13-5-6-14-7-8-15(18-12(3)17)10-16(14,4)9-13/h10,13-14H,1,5-9H2,2-4H3. The minimum absolute atomic E-state index is 0.185. The fraction of sp³-hybridized carbons (Fsp3) is 0.688. The average molecular weight is 248 g/mol. The number of fused-ring (bicyclic) bond motifs is 1. The van der Waals surface area contributed by atoms with Gasteiger partial charge in [0.05, 0.1) is 0 Å². The van der Waals surface area contributed by atoms with Crippen LogP contribution in [0.25, 0.3) is 0 Å². The van der Waals surface area contributed by atoms with Gasteiger partial charge in [0.1, 0.15) is 5.76 Å². The van der Waals surface area contributed by atoms with E-state index in [4.69, 9.17) is 4.74 Å². The third-order valence-electron chi connectivity index (χ3n) is 4.68. The van der Waals surface area contributed by atoms with Gasteiger partial charge in [0.25, 0.3) is 0 Å². The lowest BCUT2D eigenvalue weighted by atomic mass is 9.59. The quantitative estimate of drug-likeness (QED) is 0.540. The van der Waals surface area contributed by atoms with E-state index < -0.39 is 0 Å². The van der Waals surface area contributed by atoms with Crippen molar-refractivity contribution in [2.75, 3.05) is 0 Å². The number of carbonyl (C=O) groups excluding carboxylic acids is 1. The van der Waals surface area contributed by atoms with Crippen LogP contribution in [-0.2, 0) is 9.53 Å². The zero-order valence-corrected chi connectivity index (χ0v) is 11.8. The Kier molecular flexibility index (Phi) is 3.65. The van der Waals surface area contributed by atoms with Gasteiger partial charge >= 0.3 is 5.97 Å². The summed E-state index contributed by atoms with van der Waals surface area (Å²) in [5.41, 5.74) is 1.48. The Morgan fingerprint density at radius 3 is 2.72 bits per heavy atom. The van der Waals surface area contributed by atoms with Crippen LogP contribution in [0.15, 0.2) is 24.0 Å². The number of carbonyl (C=O) groups is 1. The highest BCUT2D eigenvalue weighted by atomic mass is 16.5. The molecule has 100 valence electrons. The molecule has 0 saturated heterocycles. The summed E-state index contributed by atoms with van der Waals surface area (Å²) in [5.74, 6) is 2.05. The van der Waals surface area contributed by atoms with Crippen molar-refractivity contribution in [3.05, 3.63) is 24.0 Å². The Hall–Kier alpha value is -1.05. The molecule has 0 N–H and O–H groups in total. The number of rotatable bonds is 2. The SMILES string of the molecule is C=C(C)C1CCC2CCC(OC(C)=O)=CC2(C)C1. The first-order valence-corrected chi connectivity index (χ1v) is 6.96. The summed E-state index contributed by atoms with van der Waals surface area (Å²) in [6.45, 7) is 10.0. The average Bonchev–Trinajstić information content (AvgIpc) is 2.25. The van der Waals surface area contributed by atoms with Crippen molar-refractivity contribution in [1.82, 2.24) is 0 Å². The molecule has 3 atom stereocenters. The van der Waals surface area contributed by atoms with Crippen molar-refractivity contribution < 1.29 is 9.53 Å². The molecule has 0 aromatic heterocycles. The molecule has 1 saturated carbocycles. The summed E-state index contributed by atoms with van der Waals surface area (Å²) in [6, 6.07) is 0. The monoisotopic (exact) mass is 248 g/mol. The third-order valence-corrected chi connectivity index (χ3v) is 4.68. The Morgan fingerprint density at radius 2 is 2.11 bits per heavy atom. The molecule has 0 amide bonds. The first-order chi connectivity index (χ1) is 8.40. The summed E-state index contributed by atoms with van der Waals surface area (Å²) >= 11 is 0. The van der Waals surface area contributed by atoms with Crippen LogP contribution >= 0.6 is 0 Å². The van der Waals surface area contributed by atoms with Crippen molar-refractivity contribution >= 4 is 5.97 Å². The fourth-order valence-electron chi connectivity index (χ4n) is 3.62. The lowest BCUT2D eigenvalue weighted by Gasteiger charge is -2.46. The second-order valence-electron chi connectivity index (χ2n) is 6.27. The maximum Gasteiger partial charge on any atom is 0.307 e. The molecule has 2 nitrogen and oxygen atoms in total.